The van der Waals surface area contributed by atoms with Crippen LogP contribution < -0.4 is 5.32 Å². The second kappa shape index (κ2) is 10.0. The summed E-state index contributed by atoms with van der Waals surface area (Å²) in [6.07, 6.45) is 4.35. The summed E-state index contributed by atoms with van der Waals surface area (Å²) in [7, 11) is 2.03. The molecule has 5 nitrogen and oxygen atoms in total. The molecule has 1 aliphatic rings. The molecule has 0 aromatic carbocycles. The largest absolute Gasteiger partial charge is 0.467 e. The Morgan fingerprint density at radius 1 is 1.52 bits per heavy atom. The van der Waals surface area contributed by atoms with Crippen molar-refractivity contribution in [3.8, 4) is 0 Å². The number of guanidine groups is 1. The molecule has 1 aliphatic carbocycles. The van der Waals surface area contributed by atoms with Crippen molar-refractivity contribution >= 4 is 29.9 Å². The lowest BCUT2D eigenvalue weighted by atomic mass is 10.4. The topological polar surface area (TPSA) is 50.0 Å². The number of likely N-dealkylation sites (N-methyl/N-ethyl adjacent to an activating group) is 1. The highest BCUT2D eigenvalue weighted by molar-refractivity contribution is 14.0. The molecule has 0 radical (unpaired) electrons. The van der Waals surface area contributed by atoms with E-state index in [0.29, 0.717) is 6.54 Å². The minimum absolute atomic E-state index is 0. The number of hydrogen-bond acceptors (Lipinski definition) is 3. The molecule has 2 rings (SSSR count). The quantitative estimate of drug-likeness (QED) is 0.312. The second-order valence-corrected chi connectivity index (χ2v) is 5.19. The monoisotopic (exact) mass is 407 g/mol. The average molecular weight is 407 g/mol. The lowest BCUT2D eigenvalue weighted by molar-refractivity contribution is 0.115. The molecule has 1 N–H and O–H groups in total. The number of furan rings is 1. The zero-order valence-corrected chi connectivity index (χ0v) is 15.2. The van der Waals surface area contributed by atoms with Crippen LogP contribution in [0.5, 0.6) is 0 Å². The summed E-state index contributed by atoms with van der Waals surface area (Å²) in [5, 5.41) is 3.29. The van der Waals surface area contributed by atoms with Crippen molar-refractivity contribution in [3.05, 3.63) is 24.2 Å². The maximum atomic E-state index is 5.66. The molecular weight excluding hydrogens is 381 g/mol. The van der Waals surface area contributed by atoms with Gasteiger partial charge in [0, 0.05) is 26.7 Å². The number of hydrogen-bond donors (Lipinski definition) is 1. The normalized spacial score (nSPS) is 14.7. The molecule has 1 aromatic heterocycles. The van der Waals surface area contributed by atoms with Crippen LogP contribution in [0.2, 0.25) is 0 Å². The van der Waals surface area contributed by atoms with Crippen LogP contribution in [0, 0.1) is 5.92 Å². The highest BCUT2D eigenvalue weighted by Crippen LogP contribution is 2.28. The third-order valence-electron chi connectivity index (χ3n) is 3.28. The van der Waals surface area contributed by atoms with Crippen LogP contribution in [0.15, 0.2) is 27.8 Å². The van der Waals surface area contributed by atoms with Crippen LogP contribution in [0.3, 0.4) is 0 Å². The summed E-state index contributed by atoms with van der Waals surface area (Å²) >= 11 is 0. The van der Waals surface area contributed by atoms with Crippen molar-refractivity contribution in [2.75, 3.05) is 33.4 Å². The SMILES string of the molecule is CCNC(=NCc1ccco1)N(C)CCOCC1CC1.I. The van der Waals surface area contributed by atoms with E-state index in [-0.39, 0.29) is 24.0 Å². The van der Waals surface area contributed by atoms with E-state index in [9.17, 15) is 0 Å². The van der Waals surface area contributed by atoms with Gasteiger partial charge in [0.1, 0.15) is 12.3 Å². The van der Waals surface area contributed by atoms with Gasteiger partial charge >= 0.3 is 0 Å². The lowest BCUT2D eigenvalue weighted by Gasteiger charge is -2.21. The molecule has 21 heavy (non-hydrogen) atoms. The van der Waals surface area contributed by atoms with Crippen molar-refractivity contribution < 1.29 is 9.15 Å². The first-order valence-electron chi connectivity index (χ1n) is 7.39. The summed E-state index contributed by atoms with van der Waals surface area (Å²) in [5.41, 5.74) is 0. The van der Waals surface area contributed by atoms with E-state index < -0.39 is 0 Å². The third-order valence-corrected chi connectivity index (χ3v) is 3.28. The van der Waals surface area contributed by atoms with Crippen molar-refractivity contribution in [1.29, 1.82) is 0 Å². The van der Waals surface area contributed by atoms with Gasteiger partial charge in [-0.2, -0.15) is 0 Å². The molecule has 6 heteroatoms. The number of nitrogens with zero attached hydrogens (tertiary/aromatic N) is 2. The van der Waals surface area contributed by atoms with E-state index >= 15 is 0 Å². The highest BCUT2D eigenvalue weighted by atomic mass is 127. The maximum absolute atomic E-state index is 5.66. The Kier molecular flexibility index (Phi) is 8.75. The fourth-order valence-corrected chi connectivity index (χ4v) is 1.87. The maximum Gasteiger partial charge on any atom is 0.194 e. The summed E-state index contributed by atoms with van der Waals surface area (Å²) in [6, 6.07) is 3.82. The van der Waals surface area contributed by atoms with Crippen LogP contribution in [-0.4, -0.2) is 44.2 Å². The van der Waals surface area contributed by atoms with Gasteiger partial charge in [-0.1, -0.05) is 0 Å². The number of rotatable bonds is 8. The number of nitrogens with one attached hydrogen (secondary N) is 1. The number of halogens is 1. The van der Waals surface area contributed by atoms with Gasteiger partial charge in [-0.15, -0.1) is 24.0 Å². The first kappa shape index (κ1) is 18.3. The average Bonchev–Trinajstić information content (AvgIpc) is 3.13. The molecular formula is C15H26IN3O2. The molecule has 0 bridgehead atoms. The Bertz CT molecular complexity index is 405. The molecule has 0 saturated heterocycles. The molecule has 0 atom stereocenters. The number of aliphatic imine (C=N–C) groups is 1. The Morgan fingerprint density at radius 3 is 2.95 bits per heavy atom. The van der Waals surface area contributed by atoms with Crippen LogP contribution in [0.4, 0.5) is 0 Å². The molecule has 1 saturated carbocycles. The van der Waals surface area contributed by atoms with Gasteiger partial charge in [0.2, 0.25) is 0 Å². The van der Waals surface area contributed by atoms with E-state index in [4.69, 9.17) is 9.15 Å². The second-order valence-electron chi connectivity index (χ2n) is 5.19. The minimum atomic E-state index is 0. The molecule has 0 amide bonds. The molecule has 1 fully saturated rings. The van der Waals surface area contributed by atoms with E-state index in [1.165, 1.54) is 12.8 Å². The predicted octanol–water partition coefficient (Wildman–Crippen LogP) is 2.72. The molecule has 1 heterocycles. The van der Waals surface area contributed by atoms with E-state index in [1.807, 2.05) is 19.2 Å². The van der Waals surface area contributed by atoms with Gasteiger partial charge in [0.15, 0.2) is 5.96 Å². The summed E-state index contributed by atoms with van der Waals surface area (Å²) in [4.78, 5) is 6.66. The third kappa shape index (κ3) is 7.17. The first-order valence-corrected chi connectivity index (χ1v) is 7.39. The summed E-state index contributed by atoms with van der Waals surface area (Å²) < 4.78 is 11.0. The van der Waals surface area contributed by atoms with Gasteiger partial charge in [0.25, 0.3) is 0 Å². The fraction of sp³-hybridized carbons (Fsp3) is 0.667. The van der Waals surface area contributed by atoms with Crippen LogP contribution in [0.25, 0.3) is 0 Å². The van der Waals surface area contributed by atoms with Crippen LogP contribution in [0.1, 0.15) is 25.5 Å². The lowest BCUT2D eigenvalue weighted by Crippen LogP contribution is -2.40. The minimum Gasteiger partial charge on any atom is -0.467 e. The Morgan fingerprint density at radius 2 is 2.33 bits per heavy atom. The molecule has 120 valence electrons. The zero-order chi connectivity index (χ0) is 14.2. The van der Waals surface area contributed by atoms with Crippen LogP contribution >= 0.6 is 24.0 Å². The zero-order valence-electron chi connectivity index (χ0n) is 12.9. The fourth-order valence-electron chi connectivity index (χ4n) is 1.87. The van der Waals surface area contributed by atoms with Gasteiger partial charge < -0.3 is 19.4 Å². The predicted molar refractivity (Wildman–Crippen MR) is 95.1 cm³/mol. The molecule has 0 aliphatic heterocycles. The smallest absolute Gasteiger partial charge is 0.194 e. The van der Waals surface area contributed by atoms with Crippen molar-refractivity contribution in [3.63, 3.8) is 0 Å². The van der Waals surface area contributed by atoms with Gasteiger partial charge in [-0.05, 0) is 37.8 Å². The summed E-state index contributed by atoms with van der Waals surface area (Å²) in [6.45, 7) is 5.98. The van der Waals surface area contributed by atoms with Gasteiger partial charge in [-0.3, -0.25) is 0 Å². The van der Waals surface area contributed by atoms with Gasteiger partial charge in [0.05, 0.1) is 12.9 Å². The standard InChI is InChI=1S/C15H25N3O2.HI/c1-3-16-15(17-11-14-5-4-9-20-14)18(2)8-10-19-12-13-6-7-13;/h4-5,9,13H,3,6-8,10-12H2,1-2H3,(H,16,17);1H. The van der Waals surface area contributed by atoms with E-state index in [0.717, 1.165) is 43.9 Å². The Labute approximate surface area is 144 Å². The van der Waals surface area contributed by atoms with E-state index in [1.54, 1.807) is 6.26 Å². The van der Waals surface area contributed by atoms with Crippen molar-refractivity contribution in [2.24, 2.45) is 10.9 Å². The number of ether oxygens (including phenoxy) is 1. The van der Waals surface area contributed by atoms with Crippen LogP contribution in [-0.2, 0) is 11.3 Å². The first-order chi connectivity index (χ1) is 9.79. The Balaban J connectivity index is 0.00000220. The molecule has 1 aromatic rings. The van der Waals surface area contributed by atoms with Crippen molar-refractivity contribution in [1.82, 2.24) is 10.2 Å². The van der Waals surface area contributed by atoms with E-state index in [2.05, 4.69) is 22.1 Å². The van der Waals surface area contributed by atoms with Gasteiger partial charge in [-0.25, -0.2) is 4.99 Å². The Hall–Kier alpha value is -0.760. The summed E-state index contributed by atoms with van der Waals surface area (Å²) in [5.74, 6) is 2.58. The molecule has 0 unspecified atom stereocenters. The molecule has 0 spiro atoms. The highest BCUT2D eigenvalue weighted by Gasteiger charge is 2.21. The van der Waals surface area contributed by atoms with Crippen molar-refractivity contribution in [2.45, 2.75) is 26.3 Å².